The molecule has 7 nitrogen and oxygen atoms in total. The lowest BCUT2D eigenvalue weighted by Crippen LogP contribution is -2.50. The van der Waals surface area contributed by atoms with E-state index < -0.39 is 17.6 Å². The monoisotopic (exact) mass is 426 g/mol. The van der Waals surface area contributed by atoms with Crippen molar-refractivity contribution in [3.05, 3.63) is 46.5 Å². The molecule has 1 aliphatic rings. The number of carbonyl (C=O) groups is 3. The zero-order valence-electron chi connectivity index (χ0n) is 15.3. The summed E-state index contributed by atoms with van der Waals surface area (Å²) in [5.74, 6) is -1.13. The van der Waals surface area contributed by atoms with Crippen molar-refractivity contribution in [1.82, 2.24) is 14.8 Å². The molecule has 1 N–H and O–H groups in total. The highest BCUT2D eigenvalue weighted by molar-refractivity contribution is 7.14. The number of hydrogen-bond donors (Lipinski definition) is 1. The molecule has 11 heteroatoms. The molecule has 0 saturated carbocycles. The number of anilines is 1. The quantitative estimate of drug-likeness (QED) is 0.818. The van der Waals surface area contributed by atoms with Crippen LogP contribution in [0.3, 0.4) is 0 Å². The van der Waals surface area contributed by atoms with E-state index in [9.17, 15) is 27.6 Å². The lowest BCUT2D eigenvalue weighted by Gasteiger charge is -2.34. The van der Waals surface area contributed by atoms with Crippen LogP contribution in [0.15, 0.2) is 29.6 Å². The average Bonchev–Trinajstić information content (AvgIpc) is 3.14. The van der Waals surface area contributed by atoms with E-state index in [2.05, 4.69) is 10.3 Å². The Morgan fingerprint density at radius 2 is 1.69 bits per heavy atom. The van der Waals surface area contributed by atoms with Gasteiger partial charge in [0.25, 0.3) is 11.8 Å². The number of hydrogen-bond acceptors (Lipinski definition) is 5. The molecule has 1 fully saturated rings. The summed E-state index contributed by atoms with van der Waals surface area (Å²) in [6.45, 7) is 2.20. The van der Waals surface area contributed by atoms with Gasteiger partial charge in [-0.2, -0.15) is 13.2 Å². The van der Waals surface area contributed by atoms with Crippen LogP contribution in [-0.4, -0.2) is 58.7 Å². The van der Waals surface area contributed by atoms with E-state index in [1.165, 1.54) is 34.2 Å². The summed E-state index contributed by atoms with van der Waals surface area (Å²) >= 11 is 1.13. The third-order valence-electron chi connectivity index (χ3n) is 4.30. The lowest BCUT2D eigenvalue weighted by molar-refractivity contribution is -0.137. The van der Waals surface area contributed by atoms with E-state index in [4.69, 9.17) is 0 Å². The van der Waals surface area contributed by atoms with Crippen molar-refractivity contribution >= 4 is 34.2 Å². The summed E-state index contributed by atoms with van der Waals surface area (Å²) in [6, 6.07) is 4.29. The standard InChI is InChI=1S/C18H17F3N4O3S/c1-11(26)22-17-23-14(10-29-17)16(28)25-7-5-24(6-8-25)15(27)12-3-2-4-13(9-12)18(19,20)21/h2-4,9-10H,5-8H2,1H3,(H,22,23,26). The fourth-order valence-corrected chi connectivity index (χ4v) is 3.60. The Morgan fingerprint density at radius 1 is 1.07 bits per heavy atom. The summed E-state index contributed by atoms with van der Waals surface area (Å²) in [5, 5.41) is 4.36. The lowest BCUT2D eigenvalue weighted by atomic mass is 10.1. The normalized spacial score (nSPS) is 14.6. The number of nitrogens with one attached hydrogen (secondary N) is 1. The SMILES string of the molecule is CC(=O)Nc1nc(C(=O)N2CCN(C(=O)c3cccc(C(F)(F)F)c3)CC2)cs1. The predicted molar refractivity (Wildman–Crippen MR) is 99.7 cm³/mol. The van der Waals surface area contributed by atoms with Gasteiger partial charge in [0.15, 0.2) is 5.13 Å². The number of piperazine rings is 1. The van der Waals surface area contributed by atoms with Crippen molar-refractivity contribution in [3.63, 3.8) is 0 Å². The van der Waals surface area contributed by atoms with Crippen molar-refractivity contribution in [3.8, 4) is 0 Å². The van der Waals surface area contributed by atoms with Crippen molar-refractivity contribution < 1.29 is 27.6 Å². The van der Waals surface area contributed by atoms with Crippen molar-refractivity contribution in [1.29, 1.82) is 0 Å². The Hall–Kier alpha value is -2.95. The molecule has 3 rings (SSSR count). The molecule has 0 bridgehead atoms. The molecule has 2 heterocycles. The highest BCUT2D eigenvalue weighted by Gasteiger charge is 2.32. The van der Waals surface area contributed by atoms with Gasteiger partial charge in [-0.1, -0.05) is 6.07 Å². The molecule has 0 atom stereocenters. The molecule has 0 aliphatic carbocycles. The van der Waals surface area contributed by atoms with E-state index in [1.54, 1.807) is 0 Å². The van der Waals surface area contributed by atoms with Gasteiger partial charge in [-0.25, -0.2) is 4.98 Å². The third-order valence-corrected chi connectivity index (χ3v) is 5.05. The third kappa shape index (κ3) is 4.91. The minimum atomic E-state index is -4.52. The largest absolute Gasteiger partial charge is 0.416 e. The van der Waals surface area contributed by atoms with Gasteiger partial charge in [-0.3, -0.25) is 14.4 Å². The van der Waals surface area contributed by atoms with E-state index in [-0.39, 0.29) is 49.3 Å². The van der Waals surface area contributed by atoms with Crippen molar-refractivity contribution in [2.75, 3.05) is 31.5 Å². The first-order valence-electron chi connectivity index (χ1n) is 8.64. The summed E-state index contributed by atoms with van der Waals surface area (Å²) < 4.78 is 38.5. The van der Waals surface area contributed by atoms with Crippen LogP contribution in [0, 0.1) is 0 Å². The second-order valence-corrected chi connectivity index (χ2v) is 7.24. The van der Waals surface area contributed by atoms with E-state index in [0.717, 1.165) is 23.5 Å². The van der Waals surface area contributed by atoms with Crippen LogP contribution in [0.25, 0.3) is 0 Å². The van der Waals surface area contributed by atoms with Gasteiger partial charge >= 0.3 is 6.18 Å². The molecule has 1 aromatic carbocycles. The molecule has 1 aliphatic heterocycles. The Labute approximate surface area is 168 Å². The molecule has 1 aromatic heterocycles. The molecular weight excluding hydrogens is 409 g/mol. The van der Waals surface area contributed by atoms with Crippen LogP contribution in [0.5, 0.6) is 0 Å². The predicted octanol–water partition coefficient (Wildman–Crippen LogP) is 2.72. The smallest absolute Gasteiger partial charge is 0.335 e. The molecule has 29 heavy (non-hydrogen) atoms. The second-order valence-electron chi connectivity index (χ2n) is 6.38. The van der Waals surface area contributed by atoms with Crippen LogP contribution in [0.4, 0.5) is 18.3 Å². The van der Waals surface area contributed by atoms with Crippen molar-refractivity contribution in [2.24, 2.45) is 0 Å². The van der Waals surface area contributed by atoms with Gasteiger partial charge < -0.3 is 15.1 Å². The Kier molecular flexibility index (Phi) is 5.87. The van der Waals surface area contributed by atoms with Crippen LogP contribution in [0.2, 0.25) is 0 Å². The highest BCUT2D eigenvalue weighted by atomic mass is 32.1. The minimum absolute atomic E-state index is 0.0425. The van der Waals surface area contributed by atoms with Crippen LogP contribution in [0.1, 0.15) is 33.3 Å². The van der Waals surface area contributed by atoms with Gasteiger partial charge in [0.05, 0.1) is 5.56 Å². The van der Waals surface area contributed by atoms with Gasteiger partial charge in [0.1, 0.15) is 5.69 Å². The maximum absolute atomic E-state index is 12.8. The van der Waals surface area contributed by atoms with Crippen LogP contribution < -0.4 is 5.32 Å². The zero-order valence-corrected chi connectivity index (χ0v) is 16.1. The summed E-state index contributed by atoms with van der Waals surface area (Å²) in [5.41, 5.74) is -0.730. The van der Waals surface area contributed by atoms with Crippen molar-refractivity contribution in [2.45, 2.75) is 13.1 Å². The summed E-state index contributed by atoms with van der Waals surface area (Å²) in [4.78, 5) is 43.1. The molecule has 154 valence electrons. The number of nitrogens with zero attached hydrogens (tertiary/aromatic N) is 3. The number of thiazole rings is 1. The number of amides is 3. The first kappa shape index (κ1) is 20.8. The minimum Gasteiger partial charge on any atom is -0.335 e. The Bertz CT molecular complexity index is 936. The molecule has 0 radical (unpaired) electrons. The average molecular weight is 426 g/mol. The molecule has 2 aromatic rings. The number of benzene rings is 1. The zero-order chi connectivity index (χ0) is 21.2. The summed E-state index contributed by atoms with van der Waals surface area (Å²) in [6.07, 6.45) is -4.52. The highest BCUT2D eigenvalue weighted by Crippen LogP contribution is 2.30. The number of halogens is 3. The molecule has 0 unspecified atom stereocenters. The number of aromatic nitrogens is 1. The second kappa shape index (κ2) is 8.19. The maximum Gasteiger partial charge on any atom is 0.416 e. The number of carbonyl (C=O) groups excluding carboxylic acids is 3. The molecular formula is C18H17F3N4O3S. The maximum atomic E-state index is 12.8. The number of rotatable bonds is 3. The fraction of sp³-hybridized carbons (Fsp3) is 0.333. The molecule has 3 amide bonds. The fourth-order valence-electron chi connectivity index (χ4n) is 2.87. The Morgan fingerprint density at radius 3 is 2.28 bits per heavy atom. The van der Waals surface area contributed by atoms with Gasteiger partial charge in [-0.15, -0.1) is 11.3 Å². The van der Waals surface area contributed by atoms with E-state index >= 15 is 0 Å². The van der Waals surface area contributed by atoms with Gasteiger partial charge in [-0.05, 0) is 18.2 Å². The Balaban J connectivity index is 1.61. The summed E-state index contributed by atoms with van der Waals surface area (Å²) in [7, 11) is 0. The first-order valence-corrected chi connectivity index (χ1v) is 9.52. The van der Waals surface area contributed by atoms with Crippen LogP contribution in [-0.2, 0) is 11.0 Å². The molecule has 0 spiro atoms. The van der Waals surface area contributed by atoms with Gasteiger partial charge in [0, 0.05) is 44.0 Å². The van der Waals surface area contributed by atoms with Gasteiger partial charge in [0.2, 0.25) is 5.91 Å². The topological polar surface area (TPSA) is 82.6 Å². The molecule has 1 saturated heterocycles. The van der Waals surface area contributed by atoms with Crippen LogP contribution >= 0.6 is 11.3 Å². The van der Waals surface area contributed by atoms with E-state index in [0.29, 0.717) is 5.13 Å². The first-order chi connectivity index (χ1) is 13.6. The van der Waals surface area contributed by atoms with E-state index in [1.807, 2.05) is 0 Å². The number of alkyl halides is 3.